The van der Waals surface area contributed by atoms with Gasteiger partial charge in [0, 0.05) is 23.2 Å². The molecule has 124 valence electrons. The highest BCUT2D eigenvalue weighted by atomic mass is 35.5. The first kappa shape index (κ1) is 16.7. The molecule has 3 rings (SSSR count). The van der Waals surface area contributed by atoms with Crippen LogP contribution in [0.5, 0.6) is 0 Å². The minimum absolute atomic E-state index is 0.124. The summed E-state index contributed by atoms with van der Waals surface area (Å²) in [5.41, 5.74) is 1.49. The lowest BCUT2D eigenvalue weighted by Crippen LogP contribution is -2.30. The topological polar surface area (TPSA) is 46.3 Å². The summed E-state index contributed by atoms with van der Waals surface area (Å²) in [5, 5.41) is 2.40. The van der Waals surface area contributed by atoms with Gasteiger partial charge in [0.15, 0.2) is 5.13 Å². The number of rotatable bonds is 6. The molecule has 0 spiro atoms. The number of hydrogen-bond donors (Lipinski definition) is 0. The van der Waals surface area contributed by atoms with Crippen molar-refractivity contribution >= 4 is 34.0 Å². The summed E-state index contributed by atoms with van der Waals surface area (Å²) >= 11 is 7.05. The fourth-order valence-electron chi connectivity index (χ4n) is 2.18. The third kappa shape index (κ3) is 3.83. The zero-order valence-corrected chi connectivity index (χ0v) is 14.2. The summed E-state index contributed by atoms with van der Waals surface area (Å²) in [6.45, 7) is 0.291. The Morgan fingerprint density at radius 1 is 1.29 bits per heavy atom. The van der Waals surface area contributed by atoms with Crippen LogP contribution in [0.2, 0.25) is 0 Å². The monoisotopic (exact) mass is 364 g/mol. The van der Waals surface area contributed by atoms with Crippen LogP contribution in [0.25, 0.3) is 11.3 Å². The Bertz CT molecular complexity index is 802. The molecule has 24 heavy (non-hydrogen) atoms. The molecule has 0 N–H and O–H groups in total. The molecule has 0 fully saturated rings. The molecule has 4 nitrogen and oxygen atoms in total. The summed E-state index contributed by atoms with van der Waals surface area (Å²) in [5.74, 6) is 0.479. The Balaban J connectivity index is 1.87. The number of aromatic nitrogens is 1. The molecule has 2 heterocycles. The van der Waals surface area contributed by atoms with Crippen molar-refractivity contribution in [1.29, 1.82) is 0 Å². The van der Waals surface area contributed by atoms with E-state index in [1.807, 2.05) is 5.38 Å². The number of anilines is 1. The smallest absolute Gasteiger partial charge is 0.230 e. The van der Waals surface area contributed by atoms with Crippen LogP contribution in [0.4, 0.5) is 9.52 Å². The van der Waals surface area contributed by atoms with Crippen LogP contribution in [0.1, 0.15) is 12.2 Å². The van der Waals surface area contributed by atoms with Crippen molar-refractivity contribution in [2.24, 2.45) is 0 Å². The van der Waals surface area contributed by atoms with Crippen LogP contribution in [0.3, 0.4) is 0 Å². The van der Waals surface area contributed by atoms with E-state index in [9.17, 15) is 9.18 Å². The maximum absolute atomic E-state index is 13.0. The second-order valence-electron chi connectivity index (χ2n) is 5.02. The first-order valence-electron chi connectivity index (χ1n) is 7.27. The zero-order chi connectivity index (χ0) is 16.9. The maximum Gasteiger partial charge on any atom is 0.230 e. The van der Waals surface area contributed by atoms with Gasteiger partial charge in [-0.3, -0.25) is 9.69 Å². The lowest BCUT2D eigenvalue weighted by atomic mass is 10.2. The van der Waals surface area contributed by atoms with E-state index < -0.39 is 0 Å². The third-order valence-corrected chi connectivity index (χ3v) is 4.42. The van der Waals surface area contributed by atoms with E-state index in [0.29, 0.717) is 23.1 Å². The van der Waals surface area contributed by atoms with E-state index >= 15 is 0 Å². The van der Waals surface area contributed by atoms with Gasteiger partial charge < -0.3 is 4.42 Å². The van der Waals surface area contributed by atoms with E-state index in [-0.39, 0.29) is 24.0 Å². The highest BCUT2D eigenvalue weighted by Crippen LogP contribution is 2.29. The van der Waals surface area contributed by atoms with Crippen molar-refractivity contribution in [1.82, 2.24) is 4.98 Å². The van der Waals surface area contributed by atoms with Crippen molar-refractivity contribution in [3.63, 3.8) is 0 Å². The lowest BCUT2D eigenvalue weighted by Gasteiger charge is -2.18. The lowest BCUT2D eigenvalue weighted by molar-refractivity contribution is -0.118. The summed E-state index contributed by atoms with van der Waals surface area (Å²) in [6.07, 6.45) is 1.78. The van der Waals surface area contributed by atoms with Gasteiger partial charge in [0.2, 0.25) is 5.91 Å². The highest BCUT2D eigenvalue weighted by molar-refractivity contribution is 7.14. The molecular weight excluding hydrogens is 351 g/mol. The average Bonchev–Trinajstić information content (AvgIpc) is 3.25. The largest absolute Gasteiger partial charge is 0.467 e. The maximum atomic E-state index is 13.0. The van der Waals surface area contributed by atoms with Crippen LogP contribution in [-0.2, 0) is 11.3 Å². The third-order valence-electron chi connectivity index (χ3n) is 3.37. The van der Waals surface area contributed by atoms with Crippen LogP contribution < -0.4 is 4.90 Å². The molecule has 1 aromatic carbocycles. The van der Waals surface area contributed by atoms with E-state index in [0.717, 1.165) is 5.56 Å². The number of alkyl halides is 1. The molecule has 1 amide bonds. The number of thiazole rings is 1. The van der Waals surface area contributed by atoms with Gasteiger partial charge in [0.25, 0.3) is 0 Å². The fourth-order valence-corrected chi connectivity index (χ4v) is 3.19. The fraction of sp³-hybridized carbons (Fsp3) is 0.176. The quantitative estimate of drug-likeness (QED) is 0.595. The second-order valence-corrected chi connectivity index (χ2v) is 6.23. The normalized spacial score (nSPS) is 10.8. The first-order valence-corrected chi connectivity index (χ1v) is 8.69. The van der Waals surface area contributed by atoms with Gasteiger partial charge in [-0.05, 0) is 36.4 Å². The second kappa shape index (κ2) is 7.59. The number of furan rings is 1. The molecule has 3 aromatic rings. The van der Waals surface area contributed by atoms with Crippen LogP contribution >= 0.6 is 22.9 Å². The summed E-state index contributed by atoms with van der Waals surface area (Å²) in [4.78, 5) is 18.4. The minimum atomic E-state index is -0.300. The molecular formula is C17H14ClFN2O2S. The molecule has 0 bridgehead atoms. The molecule has 0 aliphatic heterocycles. The van der Waals surface area contributed by atoms with Crippen molar-refractivity contribution in [2.75, 3.05) is 10.8 Å². The average molecular weight is 365 g/mol. The number of carbonyl (C=O) groups is 1. The molecule has 2 aromatic heterocycles. The Kier molecular flexibility index (Phi) is 5.27. The van der Waals surface area contributed by atoms with E-state index in [1.54, 1.807) is 35.4 Å². The summed E-state index contributed by atoms with van der Waals surface area (Å²) in [7, 11) is 0. The molecule has 0 saturated heterocycles. The molecule has 0 unspecified atom stereocenters. The van der Waals surface area contributed by atoms with Gasteiger partial charge in [0.05, 0.1) is 18.5 Å². The van der Waals surface area contributed by atoms with Gasteiger partial charge in [-0.15, -0.1) is 22.9 Å². The van der Waals surface area contributed by atoms with Crippen molar-refractivity contribution < 1.29 is 13.6 Å². The standard InChI is InChI=1S/C17H14ClFN2O2S/c18-8-7-16(22)21(10-14-2-1-9-23-14)17-20-15(11-24-17)12-3-5-13(19)6-4-12/h1-6,9,11H,7-8,10H2. The van der Waals surface area contributed by atoms with E-state index in [2.05, 4.69) is 4.98 Å². The number of halogens is 2. The van der Waals surface area contributed by atoms with Gasteiger partial charge >= 0.3 is 0 Å². The number of benzene rings is 1. The first-order chi connectivity index (χ1) is 11.7. The minimum Gasteiger partial charge on any atom is -0.467 e. The van der Waals surface area contributed by atoms with Gasteiger partial charge in [-0.25, -0.2) is 9.37 Å². The van der Waals surface area contributed by atoms with Crippen LogP contribution in [0.15, 0.2) is 52.5 Å². The summed E-state index contributed by atoms with van der Waals surface area (Å²) < 4.78 is 18.4. The van der Waals surface area contributed by atoms with Crippen molar-refractivity contribution in [3.8, 4) is 11.3 Å². The number of carbonyl (C=O) groups excluding carboxylic acids is 1. The predicted octanol–water partition coefficient (Wildman–Crippen LogP) is 4.70. The molecule has 0 saturated carbocycles. The van der Waals surface area contributed by atoms with Crippen LogP contribution in [0, 0.1) is 5.82 Å². The van der Waals surface area contributed by atoms with Gasteiger partial charge in [-0.2, -0.15) is 0 Å². The number of amides is 1. The van der Waals surface area contributed by atoms with Crippen molar-refractivity contribution in [2.45, 2.75) is 13.0 Å². The molecule has 0 aliphatic carbocycles. The van der Waals surface area contributed by atoms with Crippen LogP contribution in [-0.4, -0.2) is 16.8 Å². The van der Waals surface area contributed by atoms with E-state index in [4.69, 9.17) is 16.0 Å². The Labute approximate surface area is 147 Å². The zero-order valence-electron chi connectivity index (χ0n) is 12.6. The molecule has 7 heteroatoms. The van der Waals surface area contributed by atoms with E-state index in [1.165, 1.54) is 23.5 Å². The number of hydrogen-bond acceptors (Lipinski definition) is 4. The molecule has 0 atom stereocenters. The Morgan fingerprint density at radius 2 is 2.08 bits per heavy atom. The van der Waals surface area contributed by atoms with Gasteiger partial charge in [-0.1, -0.05) is 0 Å². The molecule has 0 radical (unpaired) electrons. The predicted molar refractivity (Wildman–Crippen MR) is 92.7 cm³/mol. The summed E-state index contributed by atoms with van der Waals surface area (Å²) in [6, 6.07) is 9.65. The highest BCUT2D eigenvalue weighted by Gasteiger charge is 2.20. The molecule has 0 aliphatic rings. The Hall–Kier alpha value is -2.18. The van der Waals surface area contributed by atoms with Crippen molar-refractivity contribution in [3.05, 3.63) is 59.6 Å². The van der Waals surface area contributed by atoms with Gasteiger partial charge in [0.1, 0.15) is 11.6 Å². The Morgan fingerprint density at radius 3 is 2.75 bits per heavy atom. The SMILES string of the molecule is O=C(CCCl)N(Cc1ccco1)c1nc(-c2ccc(F)cc2)cs1. The number of nitrogens with zero attached hydrogens (tertiary/aromatic N) is 2.